The van der Waals surface area contributed by atoms with E-state index in [0.717, 1.165) is 17.7 Å². The van der Waals surface area contributed by atoms with Gasteiger partial charge in [-0.15, -0.1) is 0 Å². The second kappa shape index (κ2) is 10.1. The Labute approximate surface area is 196 Å². The number of aromatic nitrogens is 3. The number of aromatic amines is 1. The normalized spacial score (nSPS) is 13.8. The van der Waals surface area contributed by atoms with E-state index in [4.69, 9.17) is 9.90 Å². The third kappa shape index (κ3) is 6.58. The Morgan fingerprint density at radius 3 is 2.47 bits per heavy atom. The summed E-state index contributed by atoms with van der Waals surface area (Å²) in [5, 5.41) is 19.9. The number of anilines is 1. The zero-order chi connectivity index (χ0) is 26.7. The number of pyridine rings is 1. The number of H-pyrrole nitrogens is 1. The number of carbonyl (C=O) groups is 1. The van der Waals surface area contributed by atoms with Crippen molar-refractivity contribution in [3.8, 4) is 5.88 Å². The molecule has 0 fully saturated rings. The minimum atomic E-state index is -5.08. The fourth-order valence-electron chi connectivity index (χ4n) is 2.86. The summed E-state index contributed by atoms with van der Waals surface area (Å²) in [5.41, 5.74) is 0.778. The van der Waals surface area contributed by atoms with Crippen LogP contribution in [0.1, 0.15) is 22.4 Å². The zero-order valence-corrected chi connectivity index (χ0v) is 17.6. The number of aromatic hydroxyl groups is 1. The first-order chi connectivity index (χ1) is 16.7. The topological polar surface area (TPSA) is 123 Å². The Hall–Kier alpha value is -4.43. The van der Waals surface area contributed by atoms with Crippen LogP contribution in [0.2, 0.25) is 0 Å². The summed E-state index contributed by atoms with van der Waals surface area (Å²) in [4.78, 5) is 23.9. The van der Waals surface area contributed by atoms with Gasteiger partial charge in [0.1, 0.15) is 11.5 Å². The van der Waals surface area contributed by atoms with E-state index in [2.05, 4.69) is 25.3 Å². The summed E-state index contributed by atoms with van der Waals surface area (Å²) in [6, 6.07) is 5.86. The number of benzene rings is 1. The Morgan fingerprint density at radius 1 is 1.14 bits per heavy atom. The smallest absolute Gasteiger partial charge is 0.490 e. The first-order valence-corrected chi connectivity index (χ1v) is 9.65. The standard InChI is InChI=1S/C19H13F4N5O.C2HF3O2/c20-13-5-10(4-12(7-13)19(21,22)23)8-26-18-27-15(17(29)28-18)6-11-9-25-16-14(11)2-1-3-24-16;3-2(4,5)1(6)7/h1-7,9,29H,8H2,(H2,26,27,28);(H,6,7). The largest absolute Gasteiger partial charge is 0.492 e. The predicted octanol–water partition coefficient (Wildman–Crippen LogP) is 5.17. The number of aliphatic imine (C=N–C) groups is 1. The molecule has 36 heavy (non-hydrogen) atoms. The molecule has 3 aromatic rings. The molecule has 1 aliphatic rings. The van der Waals surface area contributed by atoms with Crippen LogP contribution in [0.15, 0.2) is 41.5 Å². The third-order valence-electron chi connectivity index (χ3n) is 4.42. The van der Waals surface area contributed by atoms with Crippen molar-refractivity contribution in [3.05, 3.63) is 64.7 Å². The maximum Gasteiger partial charge on any atom is 0.490 e. The van der Waals surface area contributed by atoms with E-state index >= 15 is 0 Å². The van der Waals surface area contributed by atoms with Gasteiger partial charge in [-0.1, -0.05) is 0 Å². The van der Waals surface area contributed by atoms with E-state index in [0.29, 0.717) is 17.5 Å². The molecular weight excluding hydrogens is 503 g/mol. The molecule has 1 aliphatic heterocycles. The van der Waals surface area contributed by atoms with E-state index in [1.54, 1.807) is 24.6 Å². The highest BCUT2D eigenvalue weighted by Gasteiger charge is 2.38. The highest BCUT2D eigenvalue weighted by Crippen LogP contribution is 2.32. The number of carboxylic acid groups (broad SMARTS) is 1. The maximum absolute atomic E-state index is 13.5. The molecule has 8 nitrogen and oxygen atoms in total. The van der Waals surface area contributed by atoms with Crippen LogP contribution in [0, 0.1) is 5.82 Å². The van der Waals surface area contributed by atoms with Crippen LogP contribution in [0.3, 0.4) is 0 Å². The van der Waals surface area contributed by atoms with Crippen LogP contribution >= 0.6 is 0 Å². The number of allylic oxidation sites excluding steroid dienone is 1. The molecule has 4 N–H and O–H groups in total. The highest BCUT2D eigenvalue weighted by molar-refractivity contribution is 6.20. The Kier molecular flexibility index (Phi) is 7.31. The van der Waals surface area contributed by atoms with Crippen molar-refractivity contribution < 1.29 is 45.7 Å². The first kappa shape index (κ1) is 26.2. The molecule has 190 valence electrons. The van der Waals surface area contributed by atoms with Gasteiger partial charge < -0.3 is 20.5 Å². The van der Waals surface area contributed by atoms with Gasteiger partial charge in [0, 0.05) is 30.1 Å². The summed E-state index contributed by atoms with van der Waals surface area (Å²) in [5.74, 6) is -3.37. The van der Waals surface area contributed by atoms with Gasteiger partial charge in [-0.05, 0) is 42.0 Å². The van der Waals surface area contributed by atoms with Crippen LogP contribution in [0.4, 0.5) is 42.5 Å². The molecule has 0 saturated heterocycles. The average Bonchev–Trinajstić information content (AvgIpc) is 3.34. The van der Waals surface area contributed by atoms with Crippen molar-refractivity contribution in [2.24, 2.45) is 4.99 Å². The second-order valence-electron chi connectivity index (χ2n) is 7.06. The number of nitrogens with one attached hydrogen (secondary N) is 2. The molecule has 1 aromatic carbocycles. The highest BCUT2D eigenvalue weighted by atomic mass is 19.4. The number of halogens is 7. The number of hydrogen-bond donors (Lipinski definition) is 4. The number of hydrogen-bond acceptors (Lipinski definition) is 6. The lowest BCUT2D eigenvalue weighted by Crippen LogP contribution is -2.21. The number of rotatable bonds is 4. The first-order valence-electron chi connectivity index (χ1n) is 9.65. The van der Waals surface area contributed by atoms with Gasteiger partial charge in [-0.25, -0.2) is 19.2 Å². The van der Waals surface area contributed by atoms with Crippen molar-refractivity contribution in [2.45, 2.75) is 18.9 Å². The van der Waals surface area contributed by atoms with Crippen molar-refractivity contribution in [1.82, 2.24) is 15.0 Å². The molecule has 0 amide bonds. The van der Waals surface area contributed by atoms with Crippen LogP contribution < -0.4 is 5.32 Å². The second-order valence-corrected chi connectivity index (χ2v) is 7.06. The van der Waals surface area contributed by atoms with Crippen molar-refractivity contribution in [1.29, 1.82) is 0 Å². The van der Waals surface area contributed by atoms with E-state index in [1.807, 2.05) is 6.07 Å². The van der Waals surface area contributed by atoms with Crippen molar-refractivity contribution in [2.75, 3.05) is 5.32 Å². The minimum Gasteiger partial charge on any atom is -0.492 e. The number of carboxylic acids is 1. The van der Waals surface area contributed by atoms with Crippen LogP contribution in [0.25, 0.3) is 11.6 Å². The molecule has 0 radical (unpaired) electrons. The van der Waals surface area contributed by atoms with Crippen molar-refractivity contribution in [3.63, 3.8) is 0 Å². The molecule has 3 heterocycles. The number of nitrogens with zero attached hydrogens (tertiary/aromatic N) is 3. The van der Waals surface area contributed by atoms with Crippen LogP contribution in [-0.2, 0) is 17.5 Å². The monoisotopic (exact) mass is 517 g/mol. The minimum absolute atomic E-state index is 0.0797. The number of alkyl halides is 6. The molecule has 0 atom stereocenters. The number of imidazole rings is 1. The SMILES string of the molecule is O=C(O)C(F)(F)F.Oc1nc(NCc2cc(F)cc(C(F)(F)F)c2)[nH]c1C=C1C=Nc2ncccc21. The summed E-state index contributed by atoms with van der Waals surface area (Å²) in [6.45, 7) is -0.127. The van der Waals surface area contributed by atoms with E-state index in [1.165, 1.54) is 0 Å². The summed E-state index contributed by atoms with van der Waals surface area (Å²) in [7, 11) is 0. The van der Waals surface area contributed by atoms with Gasteiger partial charge in [-0.3, -0.25) is 0 Å². The van der Waals surface area contributed by atoms with Gasteiger partial charge in [-0.2, -0.15) is 31.3 Å². The lowest BCUT2D eigenvalue weighted by atomic mass is 10.1. The number of fused-ring (bicyclic) bond motifs is 1. The molecule has 0 bridgehead atoms. The molecule has 4 rings (SSSR count). The zero-order valence-electron chi connectivity index (χ0n) is 17.6. The van der Waals surface area contributed by atoms with Gasteiger partial charge in [0.15, 0.2) is 5.82 Å². The van der Waals surface area contributed by atoms with Crippen molar-refractivity contribution >= 4 is 35.6 Å². The summed E-state index contributed by atoms with van der Waals surface area (Å²) >= 11 is 0. The predicted molar refractivity (Wildman–Crippen MR) is 113 cm³/mol. The van der Waals surface area contributed by atoms with E-state index in [9.17, 15) is 35.8 Å². The molecule has 2 aromatic heterocycles. The molecule has 0 saturated carbocycles. The molecular formula is C21H14F7N5O3. The Bertz CT molecular complexity index is 1330. The maximum atomic E-state index is 13.5. The fraction of sp³-hybridized carbons (Fsp3) is 0.143. The molecule has 0 aliphatic carbocycles. The Morgan fingerprint density at radius 2 is 1.83 bits per heavy atom. The fourth-order valence-corrected chi connectivity index (χ4v) is 2.86. The lowest BCUT2D eigenvalue weighted by Gasteiger charge is -2.09. The van der Waals surface area contributed by atoms with Gasteiger partial charge in [0.25, 0.3) is 0 Å². The third-order valence-corrected chi connectivity index (χ3v) is 4.42. The molecule has 0 unspecified atom stereocenters. The number of aliphatic carboxylic acids is 1. The molecule has 0 spiro atoms. The summed E-state index contributed by atoms with van der Waals surface area (Å²) in [6.07, 6.45) is -4.90. The average molecular weight is 517 g/mol. The van der Waals surface area contributed by atoms with Gasteiger partial charge in [0.2, 0.25) is 11.8 Å². The molecule has 15 heteroatoms. The van der Waals surface area contributed by atoms with E-state index in [-0.39, 0.29) is 29.6 Å². The quantitative estimate of drug-likeness (QED) is 0.354. The van der Waals surface area contributed by atoms with Crippen LogP contribution in [0.5, 0.6) is 5.88 Å². The lowest BCUT2D eigenvalue weighted by molar-refractivity contribution is -0.192. The van der Waals surface area contributed by atoms with Gasteiger partial charge in [0.05, 0.1) is 5.56 Å². The summed E-state index contributed by atoms with van der Waals surface area (Å²) < 4.78 is 83.6. The van der Waals surface area contributed by atoms with Crippen LogP contribution in [-0.4, -0.2) is 43.5 Å². The Balaban J connectivity index is 0.000000454. The van der Waals surface area contributed by atoms with Gasteiger partial charge >= 0.3 is 18.3 Å². The van der Waals surface area contributed by atoms with E-state index < -0.39 is 29.7 Å².